The molecule has 3 nitrogen and oxygen atoms in total. The zero-order valence-corrected chi connectivity index (χ0v) is 11.4. The molecule has 0 unspecified atom stereocenters. The molecular formula is C14H11ClF3NO2. The van der Waals surface area contributed by atoms with Crippen LogP contribution in [0.15, 0.2) is 36.5 Å². The highest BCUT2D eigenvalue weighted by Crippen LogP contribution is 2.32. The Morgan fingerprint density at radius 1 is 1.19 bits per heavy atom. The summed E-state index contributed by atoms with van der Waals surface area (Å²) in [5.41, 5.74) is 1.36. The van der Waals surface area contributed by atoms with E-state index in [0.717, 1.165) is 0 Å². The van der Waals surface area contributed by atoms with Crippen LogP contribution in [-0.4, -0.2) is 22.9 Å². The molecule has 2 rings (SSSR count). The molecule has 112 valence electrons. The number of ether oxygens (including phenoxy) is 1. The Labute approximate surface area is 124 Å². The smallest absolute Gasteiger partial charge is 0.422 e. The lowest BCUT2D eigenvalue weighted by atomic mass is 10.1. The molecule has 7 heteroatoms. The van der Waals surface area contributed by atoms with Crippen LogP contribution in [0.25, 0.3) is 11.1 Å². The minimum atomic E-state index is -4.44. The molecule has 0 radical (unpaired) electrons. The van der Waals surface area contributed by atoms with Crippen molar-refractivity contribution < 1.29 is 23.0 Å². The van der Waals surface area contributed by atoms with Gasteiger partial charge < -0.3 is 9.84 Å². The number of rotatable bonds is 4. The maximum atomic E-state index is 12.3. The fourth-order valence-electron chi connectivity index (χ4n) is 1.70. The number of halogens is 4. The van der Waals surface area contributed by atoms with Gasteiger partial charge in [-0.1, -0.05) is 23.7 Å². The Hall–Kier alpha value is -1.79. The molecule has 0 amide bonds. The molecule has 0 saturated carbocycles. The van der Waals surface area contributed by atoms with Gasteiger partial charge >= 0.3 is 6.18 Å². The highest BCUT2D eigenvalue weighted by molar-refractivity contribution is 6.30. The number of aromatic nitrogens is 1. The number of hydrogen-bond acceptors (Lipinski definition) is 3. The van der Waals surface area contributed by atoms with E-state index in [2.05, 4.69) is 4.98 Å². The second-order valence-corrected chi connectivity index (χ2v) is 4.68. The normalized spacial score (nSPS) is 11.5. The van der Waals surface area contributed by atoms with Gasteiger partial charge in [-0.15, -0.1) is 0 Å². The summed E-state index contributed by atoms with van der Waals surface area (Å²) in [7, 11) is 0. The van der Waals surface area contributed by atoms with Crippen molar-refractivity contribution in [2.45, 2.75) is 12.8 Å². The SMILES string of the molecule is OCc1cc(-c2ccc(Cl)cc2)c(OCC(F)(F)F)cn1. The Balaban J connectivity index is 2.38. The van der Waals surface area contributed by atoms with Gasteiger partial charge in [0, 0.05) is 10.6 Å². The molecule has 0 bridgehead atoms. The molecule has 2 aromatic rings. The Morgan fingerprint density at radius 2 is 1.86 bits per heavy atom. The van der Waals surface area contributed by atoms with Crippen molar-refractivity contribution in [2.75, 3.05) is 6.61 Å². The Bertz CT molecular complexity index is 615. The lowest BCUT2D eigenvalue weighted by molar-refractivity contribution is -0.153. The van der Waals surface area contributed by atoms with Crippen molar-refractivity contribution in [1.29, 1.82) is 0 Å². The van der Waals surface area contributed by atoms with Crippen LogP contribution in [0.1, 0.15) is 5.69 Å². The van der Waals surface area contributed by atoms with Crippen LogP contribution in [0.4, 0.5) is 13.2 Å². The standard InChI is InChI=1S/C14H11ClF3NO2/c15-10-3-1-9(2-4-10)12-5-11(7-20)19-6-13(12)21-8-14(16,17)18/h1-6,20H,7-8H2. The predicted molar refractivity (Wildman–Crippen MR) is 72.2 cm³/mol. The summed E-state index contributed by atoms with van der Waals surface area (Å²) in [6, 6.07) is 8.01. The third kappa shape index (κ3) is 4.34. The molecule has 0 aliphatic rings. The highest BCUT2D eigenvalue weighted by Gasteiger charge is 2.29. The van der Waals surface area contributed by atoms with Crippen LogP contribution in [0.5, 0.6) is 5.75 Å². The summed E-state index contributed by atoms with van der Waals surface area (Å²) in [6.45, 7) is -1.73. The average Bonchev–Trinajstić information content (AvgIpc) is 2.45. The number of alkyl halides is 3. The van der Waals surface area contributed by atoms with Gasteiger partial charge in [-0.25, -0.2) is 0 Å². The Morgan fingerprint density at radius 3 is 2.43 bits per heavy atom. The summed E-state index contributed by atoms with van der Waals surface area (Å²) >= 11 is 5.79. The molecule has 0 atom stereocenters. The van der Waals surface area contributed by atoms with Crippen molar-refractivity contribution in [2.24, 2.45) is 0 Å². The topological polar surface area (TPSA) is 42.4 Å². The number of nitrogens with zero attached hydrogens (tertiary/aromatic N) is 1. The number of pyridine rings is 1. The fourth-order valence-corrected chi connectivity index (χ4v) is 1.83. The van der Waals surface area contributed by atoms with Gasteiger partial charge in [-0.2, -0.15) is 13.2 Å². The molecular weight excluding hydrogens is 307 g/mol. The van der Waals surface area contributed by atoms with E-state index in [1.807, 2.05) is 0 Å². The summed E-state index contributed by atoms with van der Waals surface area (Å²) in [5, 5.41) is 9.61. The third-order valence-electron chi connectivity index (χ3n) is 2.63. The van der Waals surface area contributed by atoms with Gasteiger partial charge in [0.2, 0.25) is 0 Å². The van der Waals surface area contributed by atoms with E-state index >= 15 is 0 Å². The van der Waals surface area contributed by atoms with Crippen LogP contribution in [0.3, 0.4) is 0 Å². The number of aliphatic hydroxyl groups excluding tert-OH is 1. The van der Waals surface area contributed by atoms with Crippen LogP contribution < -0.4 is 4.74 Å². The minimum Gasteiger partial charge on any atom is -0.482 e. The summed E-state index contributed by atoms with van der Waals surface area (Å²) < 4.78 is 41.6. The highest BCUT2D eigenvalue weighted by atomic mass is 35.5. The first-order valence-corrected chi connectivity index (χ1v) is 6.32. The number of aliphatic hydroxyl groups is 1. The second kappa shape index (κ2) is 6.32. The maximum absolute atomic E-state index is 12.3. The summed E-state index contributed by atoms with van der Waals surface area (Å²) in [6.07, 6.45) is -3.27. The van der Waals surface area contributed by atoms with Crippen molar-refractivity contribution in [3.8, 4) is 16.9 Å². The first-order valence-electron chi connectivity index (χ1n) is 5.94. The first-order chi connectivity index (χ1) is 9.89. The van der Waals surface area contributed by atoms with E-state index in [1.165, 1.54) is 12.3 Å². The van der Waals surface area contributed by atoms with E-state index in [4.69, 9.17) is 21.4 Å². The summed E-state index contributed by atoms with van der Waals surface area (Å²) in [4.78, 5) is 3.83. The van der Waals surface area contributed by atoms with Gasteiger partial charge in [-0.05, 0) is 23.8 Å². The third-order valence-corrected chi connectivity index (χ3v) is 2.88. The molecule has 1 aromatic heterocycles. The predicted octanol–water partition coefficient (Wildman–Crippen LogP) is 3.84. The lowest BCUT2D eigenvalue weighted by Gasteiger charge is -2.14. The molecule has 0 fully saturated rings. The van der Waals surface area contributed by atoms with Gasteiger partial charge in [0.1, 0.15) is 5.75 Å². The molecule has 0 aliphatic heterocycles. The lowest BCUT2D eigenvalue weighted by Crippen LogP contribution is -2.19. The van der Waals surface area contributed by atoms with E-state index in [0.29, 0.717) is 21.8 Å². The van der Waals surface area contributed by atoms with E-state index < -0.39 is 12.8 Å². The van der Waals surface area contributed by atoms with Gasteiger partial charge in [0.25, 0.3) is 0 Å². The summed E-state index contributed by atoms with van der Waals surface area (Å²) in [5.74, 6) is -0.00755. The van der Waals surface area contributed by atoms with Crippen LogP contribution >= 0.6 is 11.6 Å². The van der Waals surface area contributed by atoms with Crippen molar-refractivity contribution in [1.82, 2.24) is 4.98 Å². The molecule has 1 heterocycles. The molecule has 0 aliphatic carbocycles. The second-order valence-electron chi connectivity index (χ2n) is 4.24. The monoisotopic (exact) mass is 317 g/mol. The fraction of sp³-hybridized carbons (Fsp3) is 0.214. The largest absolute Gasteiger partial charge is 0.482 e. The van der Waals surface area contributed by atoms with E-state index in [9.17, 15) is 13.2 Å². The van der Waals surface area contributed by atoms with E-state index in [1.54, 1.807) is 24.3 Å². The Kier molecular flexibility index (Phi) is 4.69. The maximum Gasteiger partial charge on any atom is 0.422 e. The van der Waals surface area contributed by atoms with Crippen LogP contribution in [0.2, 0.25) is 5.02 Å². The minimum absolute atomic E-state index is 0.00755. The van der Waals surface area contributed by atoms with Crippen molar-refractivity contribution in [3.05, 3.63) is 47.2 Å². The number of hydrogen-bond donors (Lipinski definition) is 1. The number of benzene rings is 1. The zero-order valence-electron chi connectivity index (χ0n) is 10.7. The van der Waals surface area contributed by atoms with Crippen LogP contribution in [0, 0.1) is 0 Å². The van der Waals surface area contributed by atoms with Crippen LogP contribution in [-0.2, 0) is 6.61 Å². The quantitative estimate of drug-likeness (QED) is 0.931. The molecule has 0 saturated heterocycles. The molecule has 0 spiro atoms. The van der Waals surface area contributed by atoms with Crippen molar-refractivity contribution in [3.63, 3.8) is 0 Å². The molecule has 21 heavy (non-hydrogen) atoms. The van der Waals surface area contributed by atoms with Gasteiger partial charge in [0.05, 0.1) is 18.5 Å². The molecule has 1 aromatic carbocycles. The average molecular weight is 318 g/mol. The van der Waals surface area contributed by atoms with Gasteiger partial charge in [0.15, 0.2) is 6.61 Å². The van der Waals surface area contributed by atoms with E-state index in [-0.39, 0.29) is 12.4 Å². The molecule has 1 N–H and O–H groups in total. The first kappa shape index (κ1) is 15.6. The van der Waals surface area contributed by atoms with Gasteiger partial charge in [-0.3, -0.25) is 4.98 Å². The zero-order chi connectivity index (χ0) is 15.5. The van der Waals surface area contributed by atoms with Crippen molar-refractivity contribution >= 4 is 11.6 Å².